The third kappa shape index (κ3) is 9.90. The Balaban J connectivity index is 4.43. The van der Waals surface area contributed by atoms with E-state index in [-0.39, 0.29) is 5.41 Å². The summed E-state index contributed by atoms with van der Waals surface area (Å²) < 4.78 is 0. The van der Waals surface area contributed by atoms with Gasteiger partial charge in [0, 0.05) is 12.0 Å². The van der Waals surface area contributed by atoms with Gasteiger partial charge >= 0.3 is 0 Å². The molecular weight excluding hydrogens is 264 g/mol. The average molecular weight is 295 g/mol. The molecule has 0 amide bonds. The highest BCUT2D eigenvalue weighted by Gasteiger charge is 2.12. The molecule has 0 radical (unpaired) electrons. The van der Waals surface area contributed by atoms with Gasteiger partial charge in [0.25, 0.3) is 0 Å². The lowest BCUT2D eigenvalue weighted by molar-refractivity contribution is 0.481. The molecule has 114 valence electrons. The van der Waals surface area contributed by atoms with E-state index in [4.69, 9.17) is 5.73 Å². The summed E-state index contributed by atoms with van der Waals surface area (Å²) in [6, 6.07) is 0. The van der Waals surface area contributed by atoms with Gasteiger partial charge in [0.05, 0.1) is 0 Å². The van der Waals surface area contributed by atoms with Gasteiger partial charge in [-0.25, -0.2) is 4.99 Å². The number of aliphatic imine (C=N–C) groups is 1. The van der Waals surface area contributed by atoms with Gasteiger partial charge in [-0.1, -0.05) is 47.6 Å². The molecule has 0 spiro atoms. The van der Waals surface area contributed by atoms with E-state index in [1.54, 1.807) is 18.0 Å². The fourth-order valence-corrected chi connectivity index (χ4v) is 2.27. The van der Waals surface area contributed by atoms with Crippen LogP contribution in [0, 0.1) is 10.8 Å². The van der Waals surface area contributed by atoms with Crippen molar-refractivity contribution in [2.75, 3.05) is 5.75 Å². The Hall–Kier alpha value is -0.960. The minimum absolute atomic E-state index is 0.133. The number of allylic oxidation sites excluding steroid dienone is 3. The van der Waals surface area contributed by atoms with Crippen LogP contribution in [0.1, 0.15) is 48.5 Å². The van der Waals surface area contributed by atoms with Gasteiger partial charge in [0.15, 0.2) is 0 Å². The molecule has 0 atom stereocenters. The van der Waals surface area contributed by atoms with E-state index < -0.39 is 0 Å². The van der Waals surface area contributed by atoms with Gasteiger partial charge in [-0.15, -0.1) is 11.8 Å². The third-order valence-corrected chi connectivity index (χ3v) is 3.87. The van der Waals surface area contributed by atoms with E-state index in [1.165, 1.54) is 5.57 Å². The number of nitrogens with zero attached hydrogens (tertiary/aromatic N) is 1. The fourth-order valence-electron chi connectivity index (χ4n) is 1.44. The van der Waals surface area contributed by atoms with Crippen molar-refractivity contribution in [3.8, 4) is 0 Å². The normalized spacial score (nSPS) is 15.6. The maximum Gasteiger partial charge on any atom is 0.123 e. The molecular formula is C17H30N2S. The second-order valence-electron chi connectivity index (χ2n) is 7.04. The number of thioether (sulfide) groups is 1. The Bertz CT molecular complexity index is 402. The molecule has 0 aromatic rings. The van der Waals surface area contributed by atoms with Crippen LogP contribution < -0.4 is 5.73 Å². The minimum Gasteiger partial charge on any atom is -0.384 e. The van der Waals surface area contributed by atoms with Crippen LogP contribution in [0.4, 0.5) is 0 Å². The van der Waals surface area contributed by atoms with Crippen LogP contribution in [0.2, 0.25) is 0 Å². The smallest absolute Gasteiger partial charge is 0.123 e. The van der Waals surface area contributed by atoms with Gasteiger partial charge < -0.3 is 5.73 Å². The maximum atomic E-state index is 5.84. The monoisotopic (exact) mass is 294 g/mol. The lowest BCUT2D eigenvalue weighted by Crippen LogP contribution is -2.09. The first-order chi connectivity index (χ1) is 9.06. The summed E-state index contributed by atoms with van der Waals surface area (Å²) in [5.74, 6) is 1.60. The number of nitrogens with two attached hydrogens (primary N) is 1. The predicted molar refractivity (Wildman–Crippen MR) is 95.0 cm³/mol. The molecule has 0 bridgehead atoms. The van der Waals surface area contributed by atoms with Crippen molar-refractivity contribution in [2.24, 2.45) is 21.6 Å². The fraction of sp³-hybridized carbons (Fsp3) is 0.588. The summed E-state index contributed by atoms with van der Waals surface area (Å²) in [5.41, 5.74) is 7.55. The predicted octanol–water partition coefficient (Wildman–Crippen LogP) is 5.14. The summed E-state index contributed by atoms with van der Waals surface area (Å²) in [5, 5.41) is 2.01. The molecule has 0 fully saturated rings. The largest absolute Gasteiger partial charge is 0.384 e. The zero-order valence-corrected chi connectivity index (χ0v) is 14.8. The first-order valence-corrected chi connectivity index (χ1v) is 8.06. The molecule has 0 aromatic carbocycles. The average Bonchev–Trinajstić information content (AvgIpc) is 2.27. The first kappa shape index (κ1) is 19.0. The summed E-state index contributed by atoms with van der Waals surface area (Å²) in [4.78, 5) is 4.23. The summed E-state index contributed by atoms with van der Waals surface area (Å²) >= 11 is 1.76. The molecule has 3 heteroatoms. The molecule has 0 aliphatic carbocycles. The molecule has 0 aliphatic heterocycles. The van der Waals surface area contributed by atoms with Gasteiger partial charge in [-0.2, -0.15) is 0 Å². The summed E-state index contributed by atoms with van der Waals surface area (Å²) in [6.07, 6.45) is 7.75. The second kappa shape index (κ2) is 8.35. The minimum atomic E-state index is 0.133. The molecule has 0 unspecified atom stereocenters. The van der Waals surface area contributed by atoms with E-state index in [2.05, 4.69) is 52.6 Å². The molecule has 0 aliphatic rings. The molecule has 20 heavy (non-hydrogen) atoms. The van der Waals surface area contributed by atoms with E-state index in [0.717, 1.165) is 5.75 Å². The van der Waals surface area contributed by atoms with Gasteiger partial charge in [-0.3, -0.25) is 0 Å². The molecule has 0 saturated carbocycles. The lowest BCUT2D eigenvalue weighted by atomic mass is 9.86. The quantitative estimate of drug-likeness (QED) is 0.433. The number of rotatable bonds is 5. The van der Waals surface area contributed by atoms with Crippen LogP contribution in [0.3, 0.4) is 0 Å². The number of amidine groups is 1. The summed E-state index contributed by atoms with van der Waals surface area (Å²) in [6.45, 7) is 15.3. The highest BCUT2D eigenvalue weighted by atomic mass is 32.2. The SMILES string of the molecule is C\C=C(/C=C\N=C(N)\C=C\SCC(C)(C)C)C(C)(C)C. The molecule has 0 saturated heterocycles. The Morgan fingerprint density at radius 1 is 1.10 bits per heavy atom. The topological polar surface area (TPSA) is 38.4 Å². The van der Waals surface area contributed by atoms with Crippen LogP contribution in [0.5, 0.6) is 0 Å². The standard InChI is InChI=1S/C17H30N2S/c1-8-14(17(5,6)7)9-11-19-15(18)10-12-20-13-16(2,3)4/h8-12H,13H2,1-7H3,(H2,18,19)/b11-9-,12-10+,14-8+. The lowest BCUT2D eigenvalue weighted by Gasteiger charge is -2.19. The van der Waals surface area contributed by atoms with Crippen LogP contribution in [0.15, 0.2) is 40.4 Å². The molecule has 2 nitrogen and oxygen atoms in total. The zero-order chi connectivity index (χ0) is 15.8. The van der Waals surface area contributed by atoms with Crippen molar-refractivity contribution in [1.29, 1.82) is 0 Å². The Morgan fingerprint density at radius 3 is 2.15 bits per heavy atom. The van der Waals surface area contributed by atoms with Crippen LogP contribution >= 0.6 is 11.8 Å². The zero-order valence-electron chi connectivity index (χ0n) is 14.0. The van der Waals surface area contributed by atoms with Crippen molar-refractivity contribution in [2.45, 2.75) is 48.5 Å². The van der Waals surface area contributed by atoms with Gasteiger partial charge in [0.2, 0.25) is 0 Å². The molecule has 2 N–H and O–H groups in total. The number of hydrogen-bond acceptors (Lipinski definition) is 2. The van der Waals surface area contributed by atoms with Crippen LogP contribution in [-0.4, -0.2) is 11.6 Å². The van der Waals surface area contributed by atoms with Crippen LogP contribution in [0.25, 0.3) is 0 Å². The Morgan fingerprint density at radius 2 is 1.70 bits per heavy atom. The molecule has 0 aromatic heterocycles. The maximum absolute atomic E-state index is 5.84. The van der Waals surface area contributed by atoms with Crippen molar-refractivity contribution in [3.63, 3.8) is 0 Å². The van der Waals surface area contributed by atoms with E-state index in [9.17, 15) is 0 Å². The number of hydrogen-bond donors (Lipinski definition) is 1. The first-order valence-electron chi connectivity index (χ1n) is 7.01. The van der Waals surface area contributed by atoms with Gasteiger partial charge in [-0.05, 0) is 40.9 Å². The van der Waals surface area contributed by atoms with Gasteiger partial charge in [0.1, 0.15) is 5.84 Å². The van der Waals surface area contributed by atoms with Crippen molar-refractivity contribution >= 4 is 17.6 Å². The Labute approximate surface area is 129 Å². The van der Waals surface area contributed by atoms with Crippen molar-refractivity contribution in [3.05, 3.63) is 35.4 Å². The second-order valence-corrected chi connectivity index (χ2v) is 7.93. The highest BCUT2D eigenvalue weighted by molar-refractivity contribution is 8.02. The van der Waals surface area contributed by atoms with Crippen molar-refractivity contribution < 1.29 is 0 Å². The Kier molecular flexibility index (Phi) is 7.95. The molecule has 0 heterocycles. The van der Waals surface area contributed by atoms with E-state index in [1.807, 2.05) is 24.5 Å². The summed E-state index contributed by atoms with van der Waals surface area (Å²) in [7, 11) is 0. The third-order valence-electron chi connectivity index (χ3n) is 2.51. The molecule has 0 rings (SSSR count). The van der Waals surface area contributed by atoms with E-state index in [0.29, 0.717) is 11.3 Å². The van der Waals surface area contributed by atoms with E-state index >= 15 is 0 Å². The highest BCUT2D eigenvalue weighted by Crippen LogP contribution is 2.25. The van der Waals surface area contributed by atoms with Crippen molar-refractivity contribution in [1.82, 2.24) is 0 Å². The van der Waals surface area contributed by atoms with Crippen LogP contribution in [-0.2, 0) is 0 Å².